The highest BCUT2D eigenvalue weighted by molar-refractivity contribution is 5.79. The second-order valence-corrected chi connectivity index (χ2v) is 5.02. The first kappa shape index (κ1) is 15.2. The van der Waals surface area contributed by atoms with E-state index in [1.54, 1.807) is 12.4 Å². The number of nitrogens with zero attached hydrogens (tertiary/aromatic N) is 1. The first-order valence-electron chi connectivity index (χ1n) is 7.20. The van der Waals surface area contributed by atoms with Gasteiger partial charge in [-0.05, 0) is 36.1 Å². The van der Waals surface area contributed by atoms with Crippen LogP contribution in [0.25, 0.3) is 0 Å². The molecule has 1 atom stereocenters. The highest BCUT2D eigenvalue weighted by atomic mass is 16.1. The van der Waals surface area contributed by atoms with Crippen LogP contribution in [-0.2, 0) is 17.6 Å². The van der Waals surface area contributed by atoms with Crippen LogP contribution in [0.15, 0.2) is 54.9 Å². The molecule has 0 spiro atoms. The molecule has 0 aliphatic rings. The van der Waals surface area contributed by atoms with Crippen molar-refractivity contribution in [2.75, 3.05) is 13.1 Å². The zero-order valence-electron chi connectivity index (χ0n) is 12.0. The van der Waals surface area contributed by atoms with Crippen LogP contribution in [0.1, 0.15) is 11.1 Å². The van der Waals surface area contributed by atoms with Crippen molar-refractivity contribution in [3.8, 4) is 0 Å². The number of hydrogen-bond acceptors (Lipinski definition) is 3. The summed E-state index contributed by atoms with van der Waals surface area (Å²) in [7, 11) is 0. The number of rotatable bonds is 7. The molecular weight excluding hydrogens is 262 g/mol. The molecule has 3 N–H and O–H groups in total. The van der Waals surface area contributed by atoms with Gasteiger partial charge in [0.1, 0.15) is 0 Å². The number of carbonyl (C=O) groups is 1. The summed E-state index contributed by atoms with van der Waals surface area (Å²) < 4.78 is 0. The van der Waals surface area contributed by atoms with Gasteiger partial charge in [-0.3, -0.25) is 9.78 Å². The fourth-order valence-corrected chi connectivity index (χ4v) is 2.21. The summed E-state index contributed by atoms with van der Waals surface area (Å²) in [5, 5.41) is 2.96. The number of carbonyl (C=O) groups excluding carboxylic acids is 1. The average molecular weight is 283 g/mol. The number of amides is 1. The van der Waals surface area contributed by atoms with Crippen LogP contribution in [0.5, 0.6) is 0 Å². The third-order valence-electron chi connectivity index (χ3n) is 3.44. The van der Waals surface area contributed by atoms with E-state index >= 15 is 0 Å². The van der Waals surface area contributed by atoms with Crippen LogP contribution in [0.2, 0.25) is 0 Å². The Morgan fingerprint density at radius 3 is 2.48 bits per heavy atom. The molecule has 4 heteroatoms. The molecule has 1 unspecified atom stereocenters. The van der Waals surface area contributed by atoms with Crippen LogP contribution in [0.3, 0.4) is 0 Å². The SMILES string of the molecule is NCC(Cc1ccccc1)C(=O)NCCc1ccncc1. The molecule has 0 aliphatic heterocycles. The van der Waals surface area contributed by atoms with Crippen LogP contribution in [-0.4, -0.2) is 24.0 Å². The van der Waals surface area contributed by atoms with Gasteiger partial charge in [0.25, 0.3) is 0 Å². The third-order valence-corrected chi connectivity index (χ3v) is 3.44. The van der Waals surface area contributed by atoms with Gasteiger partial charge >= 0.3 is 0 Å². The van der Waals surface area contributed by atoms with Crippen molar-refractivity contribution < 1.29 is 4.79 Å². The molecule has 1 heterocycles. The van der Waals surface area contributed by atoms with Crippen molar-refractivity contribution in [2.24, 2.45) is 11.7 Å². The minimum atomic E-state index is -0.176. The molecule has 21 heavy (non-hydrogen) atoms. The minimum absolute atomic E-state index is 0.0235. The fraction of sp³-hybridized carbons (Fsp3) is 0.294. The van der Waals surface area contributed by atoms with E-state index < -0.39 is 0 Å². The number of aromatic nitrogens is 1. The van der Waals surface area contributed by atoms with Gasteiger partial charge in [-0.15, -0.1) is 0 Å². The van der Waals surface area contributed by atoms with Crippen LogP contribution in [0.4, 0.5) is 0 Å². The van der Waals surface area contributed by atoms with E-state index in [2.05, 4.69) is 10.3 Å². The zero-order valence-corrected chi connectivity index (χ0v) is 12.0. The summed E-state index contributed by atoms with van der Waals surface area (Å²) in [5.41, 5.74) is 8.04. The first-order chi connectivity index (χ1) is 10.3. The summed E-state index contributed by atoms with van der Waals surface area (Å²) in [6.07, 6.45) is 5.00. The normalized spacial score (nSPS) is 11.9. The molecule has 0 saturated carbocycles. The van der Waals surface area contributed by atoms with E-state index in [4.69, 9.17) is 5.73 Å². The Hall–Kier alpha value is -2.20. The van der Waals surface area contributed by atoms with Crippen molar-refractivity contribution in [2.45, 2.75) is 12.8 Å². The quantitative estimate of drug-likeness (QED) is 0.810. The Labute approximate surface area is 125 Å². The highest BCUT2D eigenvalue weighted by Gasteiger charge is 2.16. The summed E-state index contributed by atoms with van der Waals surface area (Å²) in [5.74, 6) is -0.153. The van der Waals surface area contributed by atoms with Crippen LogP contribution in [0, 0.1) is 5.92 Å². The Kier molecular flexibility index (Phi) is 5.91. The van der Waals surface area contributed by atoms with Gasteiger partial charge in [-0.2, -0.15) is 0 Å². The standard InChI is InChI=1S/C17H21N3O/c18-13-16(12-15-4-2-1-3-5-15)17(21)20-11-8-14-6-9-19-10-7-14/h1-7,9-10,16H,8,11-13,18H2,(H,20,21). The molecule has 0 saturated heterocycles. The van der Waals surface area contributed by atoms with Crippen molar-refractivity contribution in [3.63, 3.8) is 0 Å². The second kappa shape index (κ2) is 8.17. The van der Waals surface area contributed by atoms with Gasteiger partial charge in [0.05, 0.1) is 5.92 Å². The van der Waals surface area contributed by atoms with E-state index in [-0.39, 0.29) is 11.8 Å². The Bertz CT molecular complexity index is 542. The second-order valence-electron chi connectivity index (χ2n) is 5.02. The number of hydrogen-bond donors (Lipinski definition) is 2. The Balaban J connectivity index is 1.80. The maximum absolute atomic E-state index is 12.2. The maximum Gasteiger partial charge on any atom is 0.224 e. The lowest BCUT2D eigenvalue weighted by Crippen LogP contribution is -2.37. The monoisotopic (exact) mass is 283 g/mol. The van der Waals surface area contributed by atoms with Crippen LogP contribution >= 0.6 is 0 Å². The van der Waals surface area contributed by atoms with E-state index in [9.17, 15) is 4.79 Å². The molecule has 1 aromatic heterocycles. The van der Waals surface area contributed by atoms with Gasteiger partial charge in [-0.1, -0.05) is 30.3 Å². The van der Waals surface area contributed by atoms with E-state index in [1.807, 2.05) is 42.5 Å². The topological polar surface area (TPSA) is 68.0 Å². The predicted molar refractivity (Wildman–Crippen MR) is 83.6 cm³/mol. The van der Waals surface area contributed by atoms with Gasteiger partial charge in [-0.25, -0.2) is 0 Å². The molecule has 110 valence electrons. The number of nitrogens with two attached hydrogens (primary N) is 1. The number of pyridine rings is 1. The molecule has 2 rings (SSSR count). The zero-order chi connectivity index (χ0) is 14.9. The van der Waals surface area contributed by atoms with Gasteiger partial charge in [0.15, 0.2) is 0 Å². The lowest BCUT2D eigenvalue weighted by Gasteiger charge is -2.15. The first-order valence-corrected chi connectivity index (χ1v) is 7.20. The molecule has 0 aliphatic carbocycles. The van der Waals surface area contributed by atoms with Crippen molar-refractivity contribution in [1.82, 2.24) is 10.3 Å². The molecule has 0 fully saturated rings. The van der Waals surface area contributed by atoms with Gasteiger partial charge < -0.3 is 11.1 Å². The molecule has 1 aromatic carbocycles. The van der Waals surface area contributed by atoms with Crippen LogP contribution < -0.4 is 11.1 Å². The molecule has 0 radical (unpaired) electrons. The van der Waals surface area contributed by atoms with E-state index in [0.717, 1.165) is 17.5 Å². The number of benzene rings is 1. The lowest BCUT2D eigenvalue weighted by molar-refractivity contribution is -0.124. The largest absolute Gasteiger partial charge is 0.355 e. The Morgan fingerprint density at radius 2 is 1.81 bits per heavy atom. The van der Waals surface area contributed by atoms with Gasteiger partial charge in [0, 0.05) is 25.5 Å². The summed E-state index contributed by atoms with van der Waals surface area (Å²) in [6, 6.07) is 13.9. The van der Waals surface area contributed by atoms with Crippen molar-refractivity contribution >= 4 is 5.91 Å². The molecule has 1 amide bonds. The highest BCUT2D eigenvalue weighted by Crippen LogP contribution is 2.08. The van der Waals surface area contributed by atoms with Crippen molar-refractivity contribution in [1.29, 1.82) is 0 Å². The summed E-state index contributed by atoms with van der Waals surface area (Å²) in [4.78, 5) is 16.1. The Morgan fingerprint density at radius 1 is 1.10 bits per heavy atom. The third kappa shape index (κ3) is 5.00. The molecule has 4 nitrogen and oxygen atoms in total. The lowest BCUT2D eigenvalue weighted by atomic mass is 9.98. The maximum atomic E-state index is 12.2. The van der Waals surface area contributed by atoms with Gasteiger partial charge in [0.2, 0.25) is 5.91 Å². The molecule has 0 bridgehead atoms. The van der Waals surface area contributed by atoms with E-state index in [1.165, 1.54) is 0 Å². The average Bonchev–Trinajstić information content (AvgIpc) is 2.54. The molecular formula is C17H21N3O. The number of nitrogens with one attached hydrogen (secondary N) is 1. The summed E-state index contributed by atoms with van der Waals surface area (Å²) >= 11 is 0. The molecule has 2 aromatic rings. The summed E-state index contributed by atoms with van der Waals surface area (Å²) in [6.45, 7) is 0.976. The minimum Gasteiger partial charge on any atom is -0.355 e. The smallest absolute Gasteiger partial charge is 0.224 e. The van der Waals surface area contributed by atoms with Crippen molar-refractivity contribution in [3.05, 3.63) is 66.0 Å². The predicted octanol–water partition coefficient (Wildman–Crippen LogP) is 1.56. The van der Waals surface area contributed by atoms with E-state index in [0.29, 0.717) is 19.5 Å². The fourth-order valence-electron chi connectivity index (χ4n) is 2.21.